The van der Waals surface area contributed by atoms with E-state index in [-0.39, 0.29) is 42.9 Å². The van der Waals surface area contributed by atoms with Gasteiger partial charge in [-0.2, -0.15) is 0 Å². The zero-order valence-electron chi connectivity index (χ0n) is 15.1. The first-order valence-corrected chi connectivity index (χ1v) is 8.44. The fourth-order valence-corrected chi connectivity index (χ4v) is 2.99. The molecule has 1 fully saturated rings. The highest BCUT2D eigenvalue weighted by molar-refractivity contribution is 6.19. The van der Waals surface area contributed by atoms with Crippen LogP contribution in [0.1, 0.15) is 28.8 Å². The van der Waals surface area contributed by atoms with Gasteiger partial charge in [0.1, 0.15) is 0 Å². The van der Waals surface area contributed by atoms with Gasteiger partial charge in [0.05, 0.1) is 12.8 Å². The molecule has 1 saturated heterocycles. The van der Waals surface area contributed by atoms with Crippen LogP contribution in [0.3, 0.4) is 0 Å². The van der Waals surface area contributed by atoms with Crippen molar-refractivity contribution >= 4 is 23.4 Å². The van der Waals surface area contributed by atoms with Gasteiger partial charge in [0.25, 0.3) is 5.91 Å². The van der Waals surface area contributed by atoms with Crippen LogP contribution >= 0.6 is 0 Å². The maximum absolute atomic E-state index is 13.8. The third-order valence-corrected chi connectivity index (χ3v) is 4.41. The standard InChI is InChI=1S/C20H19FN2O4/c1-22(12-13-3-8-17(27-2)16(21)11-13)20(26)14-4-6-15(7-5-14)23-18(24)9-10-19(23)25/h3-8,11H,9-10,12H2,1-2H3. The van der Waals surface area contributed by atoms with Crippen molar-refractivity contribution in [3.05, 3.63) is 59.4 Å². The van der Waals surface area contributed by atoms with Crippen LogP contribution < -0.4 is 9.64 Å². The molecule has 6 nitrogen and oxygen atoms in total. The number of carbonyl (C=O) groups excluding carboxylic acids is 3. The number of carbonyl (C=O) groups is 3. The molecule has 0 radical (unpaired) electrons. The number of hydrogen-bond donors (Lipinski definition) is 0. The maximum atomic E-state index is 13.8. The van der Waals surface area contributed by atoms with E-state index in [2.05, 4.69) is 0 Å². The molecule has 0 saturated carbocycles. The molecule has 0 bridgehead atoms. The summed E-state index contributed by atoms with van der Waals surface area (Å²) >= 11 is 0. The summed E-state index contributed by atoms with van der Waals surface area (Å²) in [4.78, 5) is 38.7. The van der Waals surface area contributed by atoms with Crippen molar-refractivity contribution < 1.29 is 23.5 Å². The molecule has 3 rings (SSSR count). The third-order valence-electron chi connectivity index (χ3n) is 4.41. The number of hydrogen-bond acceptors (Lipinski definition) is 4. The van der Waals surface area contributed by atoms with Crippen LogP contribution in [0.15, 0.2) is 42.5 Å². The predicted octanol–water partition coefficient (Wildman–Crippen LogP) is 2.76. The Kier molecular flexibility index (Phi) is 5.21. The van der Waals surface area contributed by atoms with E-state index in [1.165, 1.54) is 24.1 Å². The van der Waals surface area contributed by atoms with Crippen LogP contribution in [0, 0.1) is 5.82 Å². The van der Waals surface area contributed by atoms with Crippen molar-refractivity contribution in [1.29, 1.82) is 0 Å². The minimum Gasteiger partial charge on any atom is -0.494 e. The Balaban J connectivity index is 1.70. The first-order valence-electron chi connectivity index (χ1n) is 8.44. The van der Waals surface area contributed by atoms with E-state index in [0.717, 1.165) is 4.90 Å². The third kappa shape index (κ3) is 3.81. The van der Waals surface area contributed by atoms with Crippen molar-refractivity contribution in [2.24, 2.45) is 0 Å². The zero-order valence-corrected chi connectivity index (χ0v) is 15.1. The zero-order chi connectivity index (χ0) is 19.6. The largest absolute Gasteiger partial charge is 0.494 e. The monoisotopic (exact) mass is 370 g/mol. The first-order chi connectivity index (χ1) is 12.9. The number of ether oxygens (including phenoxy) is 1. The summed E-state index contributed by atoms with van der Waals surface area (Å²) in [6.07, 6.45) is 0.418. The van der Waals surface area contributed by atoms with Crippen molar-refractivity contribution in [1.82, 2.24) is 4.90 Å². The topological polar surface area (TPSA) is 66.9 Å². The van der Waals surface area contributed by atoms with Crippen molar-refractivity contribution in [2.75, 3.05) is 19.1 Å². The Morgan fingerprint density at radius 1 is 1.11 bits per heavy atom. The maximum Gasteiger partial charge on any atom is 0.253 e. The summed E-state index contributed by atoms with van der Waals surface area (Å²) in [6.45, 7) is 0.227. The molecule has 1 aliphatic heterocycles. The van der Waals surface area contributed by atoms with E-state index in [1.54, 1.807) is 37.4 Å². The van der Waals surface area contributed by atoms with Gasteiger partial charge in [0.15, 0.2) is 11.6 Å². The molecule has 2 aromatic rings. The van der Waals surface area contributed by atoms with Crippen molar-refractivity contribution in [3.8, 4) is 5.75 Å². The molecule has 2 aromatic carbocycles. The molecule has 0 aliphatic carbocycles. The van der Waals surface area contributed by atoms with E-state index >= 15 is 0 Å². The van der Waals surface area contributed by atoms with Crippen molar-refractivity contribution in [3.63, 3.8) is 0 Å². The number of halogens is 1. The Morgan fingerprint density at radius 2 is 1.74 bits per heavy atom. The number of rotatable bonds is 5. The summed E-state index contributed by atoms with van der Waals surface area (Å²) < 4.78 is 18.7. The van der Waals surface area contributed by atoms with Crippen LogP contribution in [-0.4, -0.2) is 36.8 Å². The minimum absolute atomic E-state index is 0.148. The molecule has 0 atom stereocenters. The van der Waals surface area contributed by atoms with E-state index < -0.39 is 5.82 Å². The summed E-state index contributed by atoms with van der Waals surface area (Å²) in [6, 6.07) is 10.8. The number of imide groups is 1. The number of methoxy groups -OCH3 is 1. The Labute approximate surface area is 156 Å². The lowest BCUT2D eigenvalue weighted by Gasteiger charge is -2.19. The van der Waals surface area contributed by atoms with Crippen LogP contribution in [0.4, 0.5) is 10.1 Å². The SMILES string of the molecule is COc1ccc(CN(C)C(=O)c2ccc(N3C(=O)CCC3=O)cc2)cc1F. The summed E-state index contributed by atoms with van der Waals surface area (Å²) in [7, 11) is 3.01. The Hall–Kier alpha value is -3.22. The second-order valence-electron chi connectivity index (χ2n) is 6.30. The van der Waals surface area contributed by atoms with Gasteiger partial charge in [0, 0.05) is 32.0 Å². The molecule has 0 spiro atoms. The number of benzene rings is 2. The van der Waals surface area contributed by atoms with Crippen LogP contribution in [0.5, 0.6) is 5.75 Å². The number of anilines is 1. The lowest BCUT2D eigenvalue weighted by atomic mass is 10.1. The molecule has 1 heterocycles. The van der Waals surface area contributed by atoms with Gasteiger partial charge >= 0.3 is 0 Å². The Morgan fingerprint density at radius 3 is 2.30 bits per heavy atom. The first kappa shape index (κ1) is 18.6. The normalized spacial score (nSPS) is 13.8. The van der Waals surface area contributed by atoms with Gasteiger partial charge in [-0.1, -0.05) is 6.07 Å². The fourth-order valence-electron chi connectivity index (χ4n) is 2.99. The summed E-state index contributed by atoms with van der Waals surface area (Å²) in [5.74, 6) is -1.07. The summed E-state index contributed by atoms with van der Waals surface area (Å²) in [5.41, 5.74) is 1.50. The van der Waals surface area contributed by atoms with E-state index in [0.29, 0.717) is 16.8 Å². The second-order valence-corrected chi connectivity index (χ2v) is 6.30. The molecule has 0 N–H and O–H groups in total. The number of nitrogens with zero attached hydrogens (tertiary/aromatic N) is 2. The molecular formula is C20H19FN2O4. The highest BCUT2D eigenvalue weighted by Gasteiger charge is 2.30. The van der Waals surface area contributed by atoms with E-state index in [4.69, 9.17) is 4.74 Å². The van der Waals surface area contributed by atoms with Gasteiger partial charge in [-0.05, 0) is 42.0 Å². The van der Waals surface area contributed by atoms with Crippen molar-refractivity contribution in [2.45, 2.75) is 19.4 Å². The highest BCUT2D eigenvalue weighted by atomic mass is 19.1. The Bertz CT molecular complexity index is 879. The van der Waals surface area contributed by atoms with Crippen LogP contribution in [-0.2, 0) is 16.1 Å². The molecule has 27 heavy (non-hydrogen) atoms. The molecule has 3 amide bonds. The average Bonchev–Trinajstić information content (AvgIpc) is 3.00. The molecule has 0 aromatic heterocycles. The second kappa shape index (κ2) is 7.57. The average molecular weight is 370 g/mol. The lowest BCUT2D eigenvalue weighted by molar-refractivity contribution is -0.121. The molecule has 7 heteroatoms. The quantitative estimate of drug-likeness (QED) is 0.759. The summed E-state index contributed by atoms with van der Waals surface area (Å²) in [5, 5.41) is 0. The smallest absolute Gasteiger partial charge is 0.253 e. The number of amides is 3. The van der Waals surface area contributed by atoms with Crippen LogP contribution in [0.2, 0.25) is 0 Å². The molecule has 140 valence electrons. The molecular weight excluding hydrogens is 351 g/mol. The predicted molar refractivity (Wildman–Crippen MR) is 96.9 cm³/mol. The van der Waals surface area contributed by atoms with Gasteiger partial charge in [0.2, 0.25) is 11.8 Å². The fraction of sp³-hybridized carbons (Fsp3) is 0.250. The van der Waals surface area contributed by atoms with Crippen LogP contribution in [0.25, 0.3) is 0 Å². The lowest BCUT2D eigenvalue weighted by Crippen LogP contribution is -2.29. The van der Waals surface area contributed by atoms with Gasteiger partial charge in [-0.3, -0.25) is 19.3 Å². The van der Waals surface area contributed by atoms with E-state index in [9.17, 15) is 18.8 Å². The van der Waals surface area contributed by atoms with Gasteiger partial charge < -0.3 is 9.64 Å². The van der Waals surface area contributed by atoms with E-state index in [1.807, 2.05) is 0 Å². The molecule has 0 unspecified atom stereocenters. The highest BCUT2D eigenvalue weighted by Crippen LogP contribution is 2.23. The van der Waals surface area contributed by atoms with Gasteiger partial charge in [-0.15, -0.1) is 0 Å². The molecule has 1 aliphatic rings. The van der Waals surface area contributed by atoms with Gasteiger partial charge in [-0.25, -0.2) is 4.39 Å². The minimum atomic E-state index is -0.486.